The van der Waals surface area contributed by atoms with Crippen molar-refractivity contribution in [3.05, 3.63) is 28.8 Å². The molecule has 9 heteroatoms. The lowest BCUT2D eigenvalue weighted by Gasteiger charge is -2.20. The van der Waals surface area contributed by atoms with E-state index in [1.54, 1.807) is 6.07 Å². The smallest absolute Gasteiger partial charge is 0.317 e. The van der Waals surface area contributed by atoms with Crippen LogP contribution in [0.1, 0.15) is 12.5 Å². The average molecular weight is 363 g/mol. The zero-order chi connectivity index (χ0) is 17.8. The third-order valence-electron chi connectivity index (χ3n) is 3.16. The number of urea groups is 1. The number of rotatable bonds is 6. The fourth-order valence-corrected chi connectivity index (χ4v) is 3.19. The van der Waals surface area contributed by atoms with Crippen LogP contribution < -0.4 is 5.32 Å². The molecule has 2 amide bonds. The minimum Gasteiger partial charge on any atom is -0.481 e. The number of carboxylic acid groups (broad SMARTS) is 1. The number of nitrogens with one attached hydrogen (secondary N) is 1. The van der Waals surface area contributed by atoms with Gasteiger partial charge in [-0.25, -0.2) is 13.2 Å². The van der Waals surface area contributed by atoms with E-state index in [-0.39, 0.29) is 23.0 Å². The summed E-state index contributed by atoms with van der Waals surface area (Å²) in [4.78, 5) is 23.9. The number of benzene rings is 1. The summed E-state index contributed by atoms with van der Waals surface area (Å²) >= 11 is 5.93. The quantitative estimate of drug-likeness (QED) is 0.800. The standard InChI is InChI=1S/C14H19ClN2O5S/c1-9(13(18)19)8-17(2)14(20)16-7-10-4-5-12(11(15)6-10)23(3,21)22/h4-6,9H,7-8H2,1-3H3,(H,16,20)(H,18,19). The van der Waals surface area contributed by atoms with Crippen molar-refractivity contribution in [3.8, 4) is 0 Å². The molecule has 128 valence electrons. The molecule has 0 aromatic heterocycles. The van der Waals surface area contributed by atoms with Crippen molar-refractivity contribution >= 4 is 33.4 Å². The average Bonchev–Trinajstić information content (AvgIpc) is 2.43. The second-order valence-corrected chi connectivity index (χ2v) is 7.71. The summed E-state index contributed by atoms with van der Waals surface area (Å²) in [5.74, 6) is -1.65. The van der Waals surface area contributed by atoms with E-state index in [4.69, 9.17) is 16.7 Å². The summed E-state index contributed by atoms with van der Waals surface area (Å²) in [6.07, 6.45) is 1.06. The fourth-order valence-electron chi connectivity index (χ4n) is 1.84. The minimum atomic E-state index is -3.40. The Bertz CT molecular complexity index is 705. The molecule has 0 radical (unpaired) electrons. The number of nitrogens with zero attached hydrogens (tertiary/aromatic N) is 1. The predicted octanol–water partition coefficient (Wildman–Crippen LogP) is 1.61. The molecule has 0 fully saturated rings. The number of carbonyl (C=O) groups is 2. The van der Waals surface area contributed by atoms with Crippen molar-refractivity contribution in [2.24, 2.45) is 5.92 Å². The summed E-state index contributed by atoms with van der Waals surface area (Å²) in [6.45, 7) is 1.74. The Labute approximate surface area is 140 Å². The molecule has 1 aromatic carbocycles. The summed E-state index contributed by atoms with van der Waals surface area (Å²) in [6, 6.07) is 3.98. The van der Waals surface area contributed by atoms with E-state index in [9.17, 15) is 18.0 Å². The molecule has 0 aliphatic rings. The van der Waals surface area contributed by atoms with Crippen LogP contribution in [-0.2, 0) is 21.2 Å². The third-order valence-corrected chi connectivity index (χ3v) is 4.74. The Kier molecular flexibility index (Phi) is 6.40. The zero-order valence-corrected chi connectivity index (χ0v) is 14.6. The Balaban J connectivity index is 2.66. The van der Waals surface area contributed by atoms with Crippen molar-refractivity contribution in [2.75, 3.05) is 19.8 Å². The molecule has 1 aromatic rings. The molecule has 0 heterocycles. The van der Waals surface area contributed by atoms with Crippen LogP contribution >= 0.6 is 11.6 Å². The Morgan fingerprint density at radius 2 is 2.00 bits per heavy atom. The maximum Gasteiger partial charge on any atom is 0.317 e. The molecule has 1 rings (SSSR count). The molecule has 0 saturated heterocycles. The Morgan fingerprint density at radius 3 is 2.48 bits per heavy atom. The first-order valence-electron chi connectivity index (χ1n) is 6.72. The molecule has 0 saturated carbocycles. The highest BCUT2D eigenvalue weighted by Crippen LogP contribution is 2.22. The molecule has 0 spiro atoms. The first-order chi connectivity index (χ1) is 10.5. The molecule has 7 nitrogen and oxygen atoms in total. The number of halogens is 1. The highest BCUT2D eigenvalue weighted by atomic mass is 35.5. The number of hydrogen-bond donors (Lipinski definition) is 2. The van der Waals surface area contributed by atoms with Gasteiger partial charge >= 0.3 is 12.0 Å². The van der Waals surface area contributed by atoms with Crippen LogP contribution in [0.25, 0.3) is 0 Å². The lowest BCUT2D eigenvalue weighted by molar-refractivity contribution is -0.141. The van der Waals surface area contributed by atoms with Crippen LogP contribution in [0.3, 0.4) is 0 Å². The highest BCUT2D eigenvalue weighted by molar-refractivity contribution is 7.90. The van der Waals surface area contributed by atoms with Crippen LogP contribution in [0.15, 0.2) is 23.1 Å². The molecule has 2 N–H and O–H groups in total. The monoisotopic (exact) mass is 362 g/mol. The molecular weight excluding hydrogens is 344 g/mol. The van der Waals surface area contributed by atoms with E-state index in [1.165, 1.54) is 31.0 Å². The highest BCUT2D eigenvalue weighted by Gasteiger charge is 2.17. The van der Waals surface area contributed by atoms with E-state index in [0.29, 0.717) is 5.56 Å². The summed E-state index contributed by atoms with van der Waals surface area (Å²) in [5.41, 5.74) is 0.635. The van der Waals surface area contributed by atoms with Gasteiger partial charge in [-0.05, 0) is 17.7 Å². The summed E-state index contributed by atoms with van der Waals surface area (Å²) in [5, 5.41) is 11.5. The van der Waals surface area contributed by atoms with Crippen LogP contribution in [0, 0.1) is 5.92 Å². The largest absolute Gasteiger partial charge is 0.481 e. The lowest BCUT2D eigenvalue weighted by Crippen LogP contribution is -2.40. The maximum absolute atomic E-state index is 11.9. The minimum absolute atomic E-state index is 0.0293. The van der Waals surface area contributed by atoms with E-state index in [1.807, 2.05) is 0 Å². The second-order valence-electron chi connectivity index (χ2n) is 5.32. The zero-order valence-electron chi connectivity index (χ0n) is 13.0. The Morgan fingerprint density at radius 1 is 1.39 bits per heavy atom. The third kappa shape index (κ3) is 5.72. The van der Waals surface area contributed by atoms with Gasteiger partial charge in [0.05, 0.1) is 15.8 Å². The van der Waals surface area contributed by atoms with Crippen molar-refractivity contribution < 1.29 is 23.1 Å². The normalized spacial score (nSPS) is 12.5. The van der Waals surface area contributed by atoms with Crippen molar-refractivity contribution in [3.63, 3.8) is 0 Å². The van der Waals surface area contributed by atoms with Gasteiger partial charge < -0.3 is 15.3 Å². The number of carbonyl (C=O) groups excluding carboxylic acids is 1. The van der Waals surface area contributed by atoms with Gasteiger partial charge in [0.25, 0.3) is 0 Å². The first-order valence-corrected chi connectivity index (χ1v) is 8.99. The van der Waals surface area contributed by atoms with Crippen LogP contribution in [0.2, 0.25) is 5.02 Å². The van der Waals surface area contributed by atoms with Gasteiger partial charge in [0.2, 0.25) is 0 Å². The number of carboxylic acids is 1. The number of amides is 2. The van der Waals surface area contributed by atoms with Gasteiger partial charge in [-0.1, -0.05) is 24.6 Å². The SMILES string of the molecule is CC(CN(C)C(=O)NCc1ccc(S(C)(=O)=O)c(Cl)c1)C(=O)O. The molecule has 1 atom stereocenters. The van der Waals surface area contributed by atoms with Gasteiger partial charge in [-0.15, -0.1) is 0 Å². The molecule has 0 aliphatic heterocycles. The number of aliphatic carboxylic acids is 1. The van der Waals surface area contributed by atoms with Gasteiger partial charge in [0.1, 0.15) is 0 Å². The molecule has 0 bridgehead atoms. The van der Waals surface area contributed by atoms with E-state index < -0.39 is 27.8 Å². The molecule has 1 unspecified atom stereocenters. The van der Waals surface area contributed by atoms with Gasteiger partial charge in [-0.3, -0.25) is 4.79 Å². The van der Waals surface area contributed by atoms with Gasteiger partial charge in [-0.2, -0.15) is 0 Å². The summed E-state index contributed by atoms with van der Waals surface area (Å²) in [7, 11) is -1.91. The van der Waals surface area contributed by atoms with Gasteiger partial charge in [0.15, 0.2) is 9.84 Å². The summed E-state index contributed by atoms with van der Waals surface area (Å²) < 4.78 is 22.9. The van der Waals surface area contributed by atoms with E-state index >= 15 is 0 Å². The lowest BCUT2D eigenvalue weighted by atomic mass is 10.2. The molecular formula is C14H19ClN2O5S. The first kappa shape index (κ1) is 19.2. The second kappa shape index (κ2) is 7.65. The van der Waals surface area contributed by atoms with Crippen LogP contribution in [0.4, 0.5) is 4.79 Å². The maximum atomic E-state index is 11.9. The Hall–Kier alpha value is -1.80. The number of sulfone groups is 1. The fraction of sp³-hybridized carbons (Fsp3) is 0.429. The van der Waals surface area contributed by atoms with Crippen molar-refractivity contribution in [2.45, 2.75) is 18.4 Å². The van der Waals surface area contributed by atoms with E-state index in [0.717, 1.165) is 6.26 Å². The number of hydrogen-bond acceptors (Lipinski definition) is 4. The van der Waals surface area contributed by atoms with Gasteiger partial charge in [0, 0.05) is 26.4 Å². The van der Waals surface area contributed by atoms with Crippen molar-refractivity contribution in [1.29, 1.82) is 0 Å². The van der Waals surface area contributed by atoms with Crippen molar-refractivity contribution in [1.82, 2.24) is 10.2 Å². The van der Waals surface area contributed by atoms with Crippen LogP contribution in [0.5, 0.6) is 0 Å². The molecule has 0 aliphatic carbocycles. The molecule has 23 heavy (non-hydrogen) atoms. The van der Waals surface area contributed by atoms with E-state index in [2.05, 4.69) is 5.32 Å². The predicted molar refractivity (Wildman–Crippen MR) is 86.2 cm³/mol. The van der Waals surface area contributed by atoms with Crippen LogP contribution in [-0.4, -0.2) is 50.3 Å². The topological polar surface area (TPSA) is 104 Å².